The van der Waals surface area contributed by atoms with Gasteiger partial charge in [0.2, 0.25) is 5.28 Å². The highest BCUT2D eigenvalue weighted by Gasteiger charge is 2.41. The average Bonchev–Trinajstić information content (AvgIpc) is 2.79. The van der Waals surface area contributed by atoms with Gasteiger partial charge in [-0.1, -0.05) is 89.9 Å². The lowest BCUT2D eigenvalue weighted by Crippen LogP contribution is -2.43. The molecule has 5 heteroatoms. The Bertz CT molecular complexity index is 1460. The molecule has 0 saturated heterocycles. The third kappa shape index (κ3) is 4.12. The predicted molar refractivity (Wildman–Crippen MR) is 145 cm³/mol. The van der Waals surface area contributed by atoms with E-state index in [1.54, 1.807) is 12.1 Å². The summed E-state index contributed by atoms with van der Waals surface area (Å²) in [6.45, 7) is 13.8. The maximum absolute atomic E-state index is 15.8. The first-order valence-electron chi connectivity index (χ1n) is 12.3. The molecule has 0 radical (unpaired) electrons. The monoisotopic (exact) mass is 489 g/mol. The van der Waals surface area contributed by atoms with Gasteiger partial charge in [0.25, 0.3) is 0 Å². The number of benzene rings is 3. The Kier molecular flexibility index (Phi) is 6.42. The van der Waals surface area contributed by atoms with E-state index in [9.17, 15) is 0 Å². The number of rotatable bonds is 4. The topological polar surface area (TPSA) is 25.8 Å². The average molecular weight is 490 g/mol. The largest absolute Gasteiger partial charge is 0.226 e. The van der Waals surface area contributed by atoms with Crippen molar-refractivity contribution in [3.63, 3.8) is 0 Å². The molecule has 4 rings (SSSR count). The molecule has 1 heterocycles. The molecule has 174 valence electrons. The van der Waals surface area contributed by atoms with Crippen LogP contribution < -0.4 is 0 Å². The zero-order valence-corrected chi connectivity index (χ0v) is 22.3. The molecule has 4 aromatic rings. The van der Waals surface area contributed by atoms with Crippen molar-refractivity contribution in [2.45, 2.75) is 58.2 Å². The van der Waals surface area contributed by atoms with Crippen LogP contribution in [0.15, 0.2) is 54.7 Å². The molecular formula is C29H30ClFN2Si. The highest BCUT2D eigenvalue weighted by molar-refractivity contribution is 6.90. The third-order valence-corrected chi connectivity index (χ3v) is 13.5. The predicted octanol–water partition coefficient (Wildman–Crippen LogP) is 8.81. The van der Waals surface area contributed by atoms with Crippen molar-refractivity contribution in [2.24, 2.45) is 0 Å². The van der Waals surface area contributed by atoms with Gasteiger partial charge in [0, 0.05) is 28.1 Å². The van der Waals surface area contributed by atoms with Gasteiger partial charge < -0.3 is 0 Å². The van der Waals surface area contributed by atoms with Crippen molar-refractivity contribution in [1.82, 2.24) is 9.97 Å². The minimum atomic E-state index is -1.94. The molecule has 0 unspecified atom stereocenters. The second-order valence-corrected chi connectivity index (χ2v) is 15.7. The SMILES string of the molecule is [2H]c1nc(Cl)nc2c(F)c(-c3cccc4cccc(C#C[Si](C(C)C)(C(C)C)C(C)C)c34)ccc12. The van der Waals surface area contributed by atoms with Crippen molar-refractivity contribution < 1.29 is 5.76 Å². The number of nitrogens with zero attached hydrogens (tertiary/aromatic N) is 2. The van der Waals surface area contributed by atoms with Crippen LogP contribution in [0.5, 0.6) is 0 Å². The Balaban J connectivity index is 2.00. The van der Waals surface area contributed by atoms with Crippen LogP contribution in [0.4, 0.5) is 4.39 Å². The molecule has 0 saturated carbocycles. The van der Waals surface area contributed by atoms with Gasteiger partial charge in [-0.3, -0.25) is 0 Å². The minimum absolute atomic E-state index is 0.0546. The van der Waals surface area contributed by atoms with Crippen LogP contribution in [-0.4, -0.2) is 18.0 Å². The molecule has 34 heavy (non-hydrogen) atoms. The van der Waals surface area contributed by atoms with Crippen LogP contribution in [0.2, 0.25) is 21.9 Å². The Morgan fingerprint density at radius 1 is 0.882 bits per heavy atom. The van der Waals surface area contributed by atoms with E-state index in [0.717, 1.165) is 21.9 Å². The van der Waals surface area contributed by atoms with Crippen molar-refractivity contribution in [3.05, 3.63) is 71.4 Å². The van der Waals surface area contributed by atoms with Crippen LogP contribution in [0.3, 0.4) is 0 Å². The van der Waals surface area contributed by atoms with Crippen molar-refractivity contribution in [2.75, 3.05) is 0 Å². The van der Waals surface area contributed by atoms with E-state index in [-0.39, 0.29) is 17.0 Å². The molecule has 0 N–H and O–H groups in total. The summed E-state index contributed by atoms with van der Waals surface area (Å²) in [4.78, 5) is 7.93. The van der Waals surface area contributed by atoms with Crippen molar-refractivity contribution in [1.29, 1.82) is 0 Å². The summed E-state index contributed by atoms with van der Waals surface area (Å²) >= 11 is 5.95. The van der Waals surface area contributed by atoms with Gasteiger partial charge in [0.1, 0.15) is 13.6 Å². The number of fused-ring (bicyclic) bond motifs is 2. The van der Waals surface area contributed by atoms with Crippen molar-refractivity contribution >= 4 is 41.4 Å². The standard InChI is InChI=1S/C29H30ClFN2Si/c1-18(2)34(19(3)4,20(5)6)16-15-22-10-7-9-21-11-8-12-24(26(21)22)25-14-13-23-17-32-29(30)33-28(23)27(25)31/h7-14,17-20H,1-6H3/i17D. The first-order chi connectivity index (χ1) is 16.6. The van der Waals surface area contributed by atoms with Gasteiger partial charge in [0.15, 0.2) is 5.82 Å². The lowest BCUT2D eigenvalue weighted by atomic mass is 9.94. The van der Waals surface area contributed by atoms with E-state index in [0.29, 0.717) is 27.6 Å². The number of hydrogen-bond acceptors (Lipinski definition) is 2. The van der Waals surface area contributed by atoms with E-state index in [2.05, 4.69) is 63.0 Å². The van der Waals surface area contributed by atoms with E-state index in [1.807, 2.05) is 36.4 Å². The molecule has 0 aliphatic rings. The van der Waals surface area contributed by atoms with Gasteiger partial charge in [-0.05, 0) is 45.2 Å². The first-order valence-corrected chi connectivity index (χ1v) is 14.4. The second kappa shape index (κ2) is 9.48. The minimum Gasteiger partial charge on any atom is -0.226 e. The highest BCUT2D eigenvalue weighted by Crippen LogP contribution is 2.41. The summed E-state index contributed by atoms with van der Waals surface area (Å²) in [5.41, 5.74) is 7.48. The van der Waals surface area contributed by atoms with E-state index < -0.39 is 13.9 Å². The summed E-state index contributed by atoms with van der Waals surface area (Å²) in [6.07, 6.45) is -0.0905. The van der Waals surface area contributed by atoms with Gasteiger partial charge in [-0.25, -0.2) is 14.4 Å². The van der Waals surface area contributed by atoms with Gasteiger partial charge in [-0.2, -0.15) is 0 Å². The Morgan fingerprint density at radius 2 is 1.53 bits per heavy atom. The summed E-state index contributed by atoms with van der Waals surface area (Å²) < 4.78 is 23.8. The number of hydrogen-bond donors (Lipinski definition) is 0. The fourth-order valence-corrected chi connectivity index (χ4v) is 10.8. The zero-order valence-electron chi connectivity index (χ0n) is 21.5. The normalized spacial score (nSPS) is 12.5. The van der Waals surface area contributed by atoms with Gasteiger partial charge in [0.05, 0.1) is 1.37 Å². The quantitative estimate of drug-likeness (QED) is 0.162. The summed E-state index contributed by atoms with van der Waals surface area (Å²) in [6, 6.07) is 15.3. The molecule has 3 aromatic carbocycles. The molecule has 0 atom stereocenters. The van der Waals surface area contributed by atoms with E-state index in [4.69, 9.17) is 13.0 Å². The molecule has 0 bridgehead atoms. The van der Waals surface area contributed by atoms with E-state index >= 15 is 4.39 Å². The molecule has 1 aromatic heterocycles. The molecule has 0 aliphatic heterocycles. The van der Waals surface area contributed by atoms with Gasteiger partial charge in [-0.15, -0.1) is 5.54 Å². The molecular weight excluding hydrogens is 459 g/mol. The molecule has 0 fully saturated rings. The third-order valence-electron chi connectivity index (χ3n) is 7.06. The Morgan fingerprint density at radius 3 is 2.18 bits per heavy atom. The molecule has 0 aliphatic carbocycles. The van der Waals surface area contributed by atoms with Gasteiger partial charge >= 0.3 is 0 Å². The number of aromatic nitrogens is 2. The fourth-order valence-electron chi connectivity index (χ4n) is 5.47. The molecule has 2 nitrogen and oxygen atoms in total. The summed E-state index contributed by atoms with van der Waals surface area (Å²) in [7, 11) is -1.94. The lowest BCUT2D eigenvalue weighted by molar-refractivity contribution is 0.640. The van der Waals surface area contributed by atoms with Crippen LogP contribution >= 0.6 is 11.6 Å². The van der Waals surface area contributed by atoms with Crippen LogP contribution in [0, 0.1) is 17.3 Å². The maximum atomic E-state index is 15.8. The zero-order chi connectivity index (χ0) is 25.5. The van der Waals surface area contributed by atoms with Crippen molar-refractivity contribution in [3.8, 4) is 22.6 Å². The molecule has 0 spiro atoms. The van der Waals surface area contributed by atoms with Crippen LogP contribution in [0.1, 0.15) is 48.5 Å². The summed E-state index contributed by atoms with van der Waals surface area (Å²) in [5, 5.41) is 2.12. The maximum Gasteiger partial charge on any atom is 0.223 e. The first kappa shape index (κ1) is 23.0. The van der Waals surface area contributed by atoms with E-state index in [1.165, 1.54) is 0 Å². The number of halogens is 2. The Labute approximate surface area is 209 Å². The highest BCUT2D eigenvalue weighted by atomic mass is 35.5. The molecule has 0 amide bonds. The smallest absolute Gasteiger partial charge is 0.223 e. The van der Waals surface area contributed by atoms with Crippen LogP contribution in [0.25, 0.3) is 32.8 Å². The summed E-state index contributed by atoms with van der Waals surface area (Å²) in [5.74, 6) is 3.06. The second-order valence-electron chi connectivity index (χ2n) is 9.78. The Hall–Kier alpha value is -2.74. The fraction of sp³-hybridized carbons (Fsp3) is 0.310. The lowest BCUT2D eigenvalue weighted by Gasteiger charge is -2.38. The van der Waals surface area contributed by atoms with Crippen LogP contribution in [-0.2, 0) is 0 Å².